The SMILES string of the molecule is C=C/C=C(\C=C/CNC1=C(C#N)C(OC2=C[C@H](F)C3NC(C)=CC3=C2F)=NCN1)N1CCN(C(C)=O)CC1. The van der Waals surface area contributed by atoms with Crippen LogP contribution in [0, 0.1) is 11.3 Å². The van der Waals surface area contributed by atoms with Crippen LogP contribution in [-0.4, -0.2) is 73.2 Å². The first-order valence-electron chi connectivity index (χ1n) is 12.4. The van der Waals surface area contributed by atoms with E-state index in [2.05, 4.69) is 32.4 Å². The molecule has 0 aromatic heterocycles. The van der Waals surface area contributed by atoms with Crippen LogP contribution < -0.4 is 16.0 Å². The lowest BCUT2D eigenvalue weighted by molar-refractivity contribution is -0.130. The van der Waals surface area contributed by atoms with Crippen molar-refractivity contribution in [1.82, 2.24) is 25.8 Å². The van der Waals surface area contributed by atoms with E-state index in [-0.39, 0.29) is 35.4 Å². The summed E-state index contributed by atoms with van der Waals surface area (Å²) in [4.78, 5) is 19.7. The maximum absolute atomic E-state index is 15.0. The fourth-order valence-electron chi connectivity index (χ4n) is 4.59. The summed E-state index contributed by atoms with van der Waals surface area (Å²) in [7, 11) is 0. The quantitative estimate of drug-likeness (QED) is 0.440. The van der Waals surface area contributed by atoms with Crippen molar-refractivity contribution in [3.8, 4) is 6.07 Å². The molecule has 0 spiro atoms. The van der Waals surface area contributed by atoms with Crippen molar-refractivity contribution < 1.29 is 18.3 Å². The molecular weight excluding hydrogens is 492 g/mol. The van der Waals surface area contributed by atoms with E-state index in [1.807, 2.05) is 29.2 Å². The number of hydrogen-bond donors (Lipinski definition) is 3. The Balaban J connectivity index is 1.40. The molecule has 0 radical (unpaired) electrons. The Labute approximate surface area is 220 Å². The van der Waals surface area contributed by atoms with E-state index in [0.29, 0.717) is 44.2 Å². The lowest BCUT2D eigenvalue weighted by Crippen LogP contribution is -2.47. The van der Waals surface area contributed by atoms with Gasteiger partial charge in [-0.15, -0.1) is 0 Å². The molecule has 1 amide bonds. The second-order valence-electron chi connectivity index (χ2n) is 9.06. The number of alkyl halides is 1. The molecule has 9 nitrogen and oxygen atoms in total. The molecule has 200 valence electrons. The van der Waals surface area contributed by atoms with Crippen LogP contribution in [0.25, 0.3) is 0 Å². The smallest absolute Gasteiger partial charge is 0.238 e. The fourth-order valence-corrected chi connectivity index (χ4v) is 4.59. The van der Waals surface area contributed by atoms with Gasteiger partial charge in [0.2, 0.25) is 11.8 Å². The van der Waals surface area contributed by atoms with E-state index in [9.17, 15) is 14.4 Å². The zero-order chi connectivity index (χ0) is 27.2. The largest absolute Gasteiger partial charge is 0.435 e. The summed E-state index contributed by atoms with van der Waals surface area (Å²) >= 11 is 0. The van der Waals surface area contributed by atoms with Gasteiger partial charge in [-0.05, 0) is 31.2 Å². The highest BCUT2D eigenvalue weighted by Crippen LogP contribution is 2.34. The highest BCUT2D eigenvalue weighted by molar-refractivity contribution is 5.99. The Morgan fingerprint density at radius 2 is 2.11 bits per heavy atom. The van der Waals surface area contributed by atoms with Gasteiger partial charge in [-0.2, -0.15) is 5.26 Å². The van der Waals surface area contributed by atoms with Gasteiger partial charge in [0.25, 0.3) is 0 Å². The van der Waals surface area contributed by atoms with Gasteiger partial charge in [0.15, 0.2) is 17.2 Å². The lowest BCUT2D eigenvalue weighted by atomic mass is 9.97. The highest BCUT2D eigenvalue weighted by atomic mass is 19.1. The van der Waals surface area contributed by atoms with Gasteiger partial charge in [0.1, 0.15) is 24.7 Å². The van der Waals surface area contributed by atoms with Crippen LogP contribution in [-0.2, 0) is 9.53 Å². The summed E-state index contributed by atoms with van der Waals surface area (Å²) in [5, 5.41) is 18.8. The zero-order valence-electron chi connectivity index (χ0n) is 21.4. The zero-order valence-corrected chi connectivity index (χ0v) is 21.4. The molecule has 0 aromatic rings. The number of nitrogens with zero attached hydrogens (tertiary/aromatic N) is 4. The molecule has 38 heavy (non-hydrogen) atoms. The fraction of sp³-hybridized carbons (Fsp3) is 0.370. The van der Waals surface area contributed by atoms with Crippen LogP contribution in [0.1, 0.15) is 13.8 Å². The standard InChI is InChI=1S/C27H31F2N7O2/c1-4-6-19(36-11-9-35(10-12-36)18(3)37)7-5-8-31-26-21(15-30)27(33-16-32-26)38-23-14-22(28)25-20(24(23)29)13-17(2)34-25/h4-7,13-14,22,25,31-32,34H,1,8-12,16H2,2-3H3/b7-5-,19-6+/t22-,25?/m0/s1. The number of aliphatic imine (C=N–C) groups is 1. The van der Waals surface area contributed by atoms with Crippen LogP contribution >= 0.6 is 0 Å². The molecular formula is C27H31F2N7O2. The molecule has 0 bridgehead atoms. The van der Waals surface area contributed by atoms with E-state index in [0.717, 1.165) is 11.8 Å². The predicted octanol–water partition coefficient (Wildman–Crippen LogP) is 2.41. The molecule has 1 fully saturated rings. The Kier molecular flexibility index (Phi) is 8.31. The molecule has 3 heterocycles. The molecule has 1 unspecified atom stereocenters. The Hall–Kier alpha value is -4.33. The summed E-state index contributed by atoms with van der Waals surface area (Å²) < 4.78 is 35.3. The molecule has 4 rings (SSSR count). The van der Waals surface area contributed by atoms with E-state index in [1.54, 1.807) is 26.0 Å². The van der Waals surface area contributed by atoms with E-state index < -0.39 is 18.0 Å². The first kappa shape index (κ1) is 26.7. The molecule has 0 aromatic carbocycles. The third kappa shape index (κ3) is 5.80. The third-order valence-electron chi connectivity index (χ3n) is 6.51. The summed E-state index contributed by atoms with van der Waals surface area (Å²) in [6.45, 7) is 10.3. The first-order chi connectivity index (χ1) is 18.3. The van der Waals surface area contributed by atoms with Crippen molar-refractivity contribution >= 4 is 11.8 Å². The minimum atomic E-state index is -1.49. The third-order valence-corrected chi connectivity index (χ3v) is 6.51. The summed E-state index contributed by atoms with van der Waals surface area (Å²) in [6, 6.07) is 1.25. The number of amides is 1. The minimum absolute atomic E-state index is 0.0550. The Bertz CT molecular complexity index is 1240. The van der Waals surface area contributed by atoms with Gasteiger partial charge < -0.3 is 30.5 Å². The predicted molar refractivity (Wildman–Crippen MR) is 140 cm³/mol. The van der Waals surface area contributed by atoms with E-state index in [1.165, 1.54) is 0 Å². The number of hydrogen-bond acceptors (Lipinski definition) is 8. The minimum Gasteiger partial charge on any atom is -0.435 e. The molecule has 1 saturated heterocycles. The number of piperazine rings is 1. The van der Waals surface area contributed by atoms with Gasteiger partial charge in [0.05, 0.1) is 6.04 Å². The van der Waals surface area contributed by atoms with Gasteiger partial charge >= 0.3 is 0 Å². The van der Waals surface area contributed by atoms with Crippen molar-refractivity contribution in [2.75, 3.05) is 39.4 Å². The normalized spacial score (nSPS) is 23.7. The van der Waals surface area contributed by atoms with Crippen LogP contribution in [0.3, 0.4) is 0 Å². The topological polar surface area (TPSA) is 105 Å². The highest BCUT2D eigenvalue weighted by Gasteiger charge is 2.36. The average Bonchev–Trinajstić information content (AvgIpc) is 3.31. The molecule has 2 atom stereocenters. The van der Waals surface area contributed by atoms with Crippen molar-refractivity contribution in [3.63, 3.8) is 0 Å². The molecule has 11 heteroatoms. The Morgan fingerprint density at radius 3 is 2.79 bits per heavy atom. The number of carbonyl (C=O) groups excluding carboxylic acids is 1. The van der Waals surface area contributed by atoms with Gasteiger partial charge in [-0.25, -0.2) is 13.8 Å². The monoisotopic (exact) mass is 523 g/mol. The molecule has 1 aliphatic carbocycles. The number of carbonyl (C=O) groups is 1. The number of nitriles is 1. The molecule has 3 N–H and O–H groups in total. The number of fused-ring (bicyclic) bond motifs is 1. The van der Waals surface area contributed by atoms with Crippen LogP contribution in [0.5, 0.6) is 0 Å². The summed E-state index contributed by atoms with van der Waals surface area (Å²) in [6.07, 6.45) is 8.56. The van der Waals surface area contributed by atoms with Crippen LogP contribution in [0.4, 0.5) is 8.78 Å². The van der Waals surface area contributed by atoms with Crippen molar-refractivity contribution in [3.05, 3.63) is 83.0 Å². The summed E-state index contributed by atoms with van der Waals surface area (Å²) in [5.41, 5.74) is 1.86. The van der Waals surface area contributed by atoms with Crippen LogP contribution in [0.2, 0.25) is 0 Å². The van der Waals surface area contributed by atoms with Gasteiger partial charge in [0, 0.05) is 56.6 Å². The van der Waals surface area contributed by atoms with E-state index >= 15 is 4.39 Å². The number of ether oxygens (including phenoxy) is 1. The van der Waals surface area contributed by atoms with E-state index in [4.69, 9.17) is 4.74 Å². The number of allylic oxidation sites excluding steroid dienone is 5. The van der Waals surface area contributed by atoms with Crippen LogP contribution in [0.15, 0.2) is 88.0 Å². The van der Waals surface area contributed by atoms with Gasteiger partial charge in [-0.1, -0.05) is 18.7 Å². The molecule has 0 saturated carbocycles. The summed E-state index contributed by atoms with van der Waals surface area (Å²) in [5.74, 6) is -0.623. The molecule has 4 aliphatic rings. The first-order valence-corrected chi connectivity index (χ1v) is 12.4. The Morgan fingerprint density at radius 1 is 1.37 bits per heavy atom. The average molecular weight is 524 g/mol. The number of rotatable bonds is 7. The van der Waals surface area contributed by atoms with Crippen molar-refractivity contribution in [2.24, 2.45) is 4.99 Å². The second-order valence-corrected chi connectivity index (χ2v) is 9.06. The van der Waals surface area contributed by atoms with Crippen molar-refractivity contribution in [2.45, 2.75) is 26.1 Å². The van der Waals surface area contributed by atoms with Gasteiger partial charge in [-0.3, -0.25) is 4.79 Å². The maximum atomic E-state index is 15.0. The lowest BCUT2D eigenvalue weighted by Gasteiger charge is -2.36. The van der Waals surface area contributed by atoms with Crippen molar-refractivity contribution in [1.29, 1.82) is 5.26 Å². The molecule has 3 aliphatic heterocycles. The number of nitrogens with one attached hydrogen (secondary N) is 3. The maximum Gasteiger partial charge on any atom is 0.238 e. The number of halogens is 2. The second kappa shape index (κ2) is 11.8.